The summed E-state index contributed by atoms with van der Waals surface area (Å²) in [6.07, 6.45) is 0. The number of benzene rings is 2. The number of halogens is 1. The van der Waals surface area contributed by atoms with Crippen molar-refractivity contribution >= 4 is 21.6 Å². The molecule has 2 aromatic carbocycles. The molecule has 2 rings (SSSR count). The van der Waals surface area contributed by atoms with Crippen molar-refractivity contribution in [2.75, 3.05) is 12.4 Å². The van der Waals surface area contributed by atoms with Gasteiger partial charge in [-0.3, -0.25) is 0 Å². The van der Waals surface area contributed by atoms with Gasteiger partial charge in [0.1, 0.15) is 5.75 Å². The Bertz CT molecular complexity index is 540. The fraction of sp³-hybridized carbons (Fsp3) is 0.200. The molecular weight excluding hydrogens is 290 g/mol. The van der Waals surface area contributed by atoms with Crippen LogP contribution in [0.25, 0.3) is 0 Å². The quantitative estimate of drug-likeness (QED) is 0.905. The molecule has 0 spiro atoms. The zero-order chi connectivity index (χ0) is 13.0. The summed E-state index contributed by atoms with van der Waals surface area (Å²) < 4.78 is 6.33. The number of hydrogen-bond donors (Lipinski definition) is 1. The standard InChI is InChI=1S/C15H16BrNO/c1-11-6-7-12(15(16)8-11)10-17-13-4-3-5-14(9-13)18-2/h3-9,17H,10H2,1-2H3. The van der Waals surface area contributed by atoms with Crippen molar-refractivity contribution in [1.29, 1.82) is 0 Å². The monoisotopic (exact) mass is 305 g/mol. The highest BCUT2D eigenvalue weighted by Gasteiger charge is 2.00. The van der Waals surface area contributed by atoms with Gasteiger partial charge in [-0.15, -0.1) is 0 Å². The van der Waals surface area contributed by atoms with E-state index >= 15 is 0 Å². The molecule has 2 aromatic rings. The van der Waals surface area contributed by atoms with Gasteiger partial charge in [0.25, 0.3) is 0 Å². The average molecular weight is 306 g/mol. The van der Waals surface area contributed by atoms with Crippen LogP contribution in [-0.4, -0.2) is 7.11 Å². The molecule has 0 saturated carbocycles. The van der Waals surface area contributed by atoms with Crippen molar-refractivity contribution in [1.82, 2.24) is 0 Å². The molecule has 0 aromatic heterocycles. The summed E-state index contributed by atoms with van der Waals surface area (Å²) in [5.74, 6) is 0.864. The summed E-state index contributed by atoms with van der Waals surface area (Å²) in [6, 6.07) is 14.3. The van der Waals surface area contributed by atoms with E-state index in [9.17, 15) is 0 Å². The number of hydrogen-bond acceptors (Lipinski definition) is 2. The summed E-state index contributed by atoms with van der Waals surface area (Å²) in [5.41, 5.74) is 3.55. The molecule has 0 aliphatic rings. The second-order valence-corrected chi connectivity index (χ2v) is 5.03. The maximum atomic E-state index is 5.20. The Morgan fingerprint density at radius 1 is 1.17 bits per heavy atom. The molecule has 18 heavy (non-hydrogen) atoms. The highest BCUT2D eigenvalue weighted by molar-refractivity contribution is 9.10. The van der Waals surface area contributed by atoms with Gasteiger partial charge in [0.15, 0.2) is 0 Å². The van der Waals surface area contributed by atoms with Crippen LogP contribution >= 0.6 is 15.9 Å². The summed E-state index contributed by atoms with van der Waals surface area (Å²) in [6.45, 7) is 2.87. The second-order valence-electron chi connectivity index (χ2n) is 4.18. The maximum absolute atomic E-state index is 5.20. The highest BCUT2D eigenvalue weighted by atomic mass is 79.9. The van der Waals surface area contributed by atoms with E-state index in [1.165, 1.54) is 11.1 Å². The molecule has 0 atom stereocenters. The van der Waals surface area contributed by atoms with Gasteiger partial charge in [-0.25, -0.2) is 0 Å². The SMILES string of the molecule is COc1cccc(NCc2ccc(C)cc2Br)c1. The van der Waals surface area contributed by atoms with Crippen LogP contribution in [0.5, 0.6) is 5.75 Å². The van der Waals surface area contributed by atoms with Crippen molar-refractivity contribution in [2.24, 2.45) is 0 Å². The highest BCUT2D eigenvalue weighted by Crippen LogP contribution is 2.21. The Hall–Kier alpha value is -1.48. The van der Waals surface area contributed by atoms with Crippen molar-refractivity contribution in [3.63, 3.8) is 0 Å². The molecule has 94 valence electrons. The lowest BCUT2D eigenvalue weighted by Gasteiger charge is -2.10. The molecule has 0 radical (unpaired) electrons. The summed E-state index contributed by atoms with van der Waals surface area (Å²) >= 11 is 3.58. The minimum atomic E-state index is 0.786. The number of rotatable bonds is 4. The average Bonchev–Trinajstić information content (AvgIpc) is 2.38. The third-order valence-electron chi connectivity index (χ3n) is 2.76. The van der Waals surface area contributed by atoms with E-state index in [0.29, 0.717) is 0 Å². The molecule has 1 N–H and O–H groups in total. The Kier molecular flexibility index (Phi) is 4.26. The minimum absolute atomic E-state index is 0.786. The minimum Gasteiger partial charge on any atom is -0.497 e. The van der Waals surface area contributed by atoms with Gasteiger partial charge in [0.05, 0.1) is 7.11 Å². The number of methoxy groups -OCH3 is 1. The Labute approximate surface area is 116 Å². The van der Waals surface area contributed by atoms with Crippen LogP contribution in [0.4, 0.5) is 5.69 Å². The van der Waals surface area contributed by atoms with Gasteiger partial charge in [-0.2, -0.15) is 0 Å². The van der Waals surface area contributed by atoms with Gasteiger partial charge < -0.3 is 10.1 Å². The molecule has 0 bridgehead atoms. The second kappa shape index (κ2) is 5.91. The fourth-order valence-corrected chi connectivity index (χ4v) is 2.36. The Morgan fingerprint density at radius 2 is 2.00 bits per heavy atom. The van der Waals surface area contributed by atoms with Crippen LogP contribution in [0.2, 0.25) is 0 Å². The molecule has 0 unspecified atom stereocenters. The third kappa shape index (κ3) is 3.26. The van der Waals surface area contributed by atoms with Gasteiger partial charge in [0.2, 0.25) is 0 Å². The van der Waals surface area contributed by atoms with Gasteiger partial charge in [0, 0.05) is 22.8 Å². The predicted molar refractivity (Wildman–Crippen MR) is 79.2 cm³/mol. The molecule has 3 heteroatoms. The van der Waals surface area contributed by atoms with Crippen molar-refractivity contribution < 1.29 is 4.74 Å². The Balaban J connectivity index is 2.06. The molecule has 0 amide bonds. The molecule has 2 nitrogen and oxygen atoms in total. The van der Waals surface area contributed by atoms with Gasteiger partial charge in [-0.05, 0) is 36.2 Å². The van der Waals surface area contributed by atoms with Gasteiger partial charge in [-0.1, -0.05) is 34.1 Å². The number of anilines is 1. The number of aryl methyl sites for hydroxylation is 1. The molecule has 0 aliphatic carbocycles. The smallest absolute Gasteiger partial charge is 0.120 e. The van der Waals surface area contributed by atoms with Crippen LogP contribution in [-0.2, 0) is 6.54 Å². The number of ether oxygens (including phenoxy) is 1. The largest absolute Gasteiger partial charge is 0.497 e. The first-order chi connectivity index (χ1) is 8.69. The lowest BCUT2D eigenvalue weighted by atomic mass is 10.1. The van der Waals surface area contributed by atoms with E-state index in [2.05, 4.69) is 46.4 Å². The molecule has 0 heterocycles. The van der Waals surface area contributed by atoms with Crippen LogP contribution in [0.3, 0.4) is 0 Å². The van der Waals surface area contributed by atoms with Crippen LogP contribution in [0.1, 0.15) is 11.1 Å². The maximum Gasteiger partial charge on any atom is 0.120 e. The van der Waals surface area contributed by atoms with E-state index < -0.39 is 0 Å². The summed E-state index contributed by atoms with van der Waals surface area (Å²) in [5, 5.41) is 3.39. The van der Waals surface area contributed by atoms with Gasteiger partial charge >= 0.3 is 0 Å². The number of nitrogens with one attached hydrogen (secondary N) is 1. The molecular formula is C15H16BrNO. The van der Waals surface area contributed by atoms with Crippen LogP contribution in [0.15, 0.2) is 46.9 Å². The first kappa shape index (κ1) is 13.0. The lowest BCUT2D eigenvalue weighted by molar-refractivity contribution is 0.415. The summed E-state index contributed by atoms with van der Waals surface area (Å²) in [7, 11) is 1.68. The molecule has 0 fully saturated rings. The van der Waals surface area contributed by atoms with Crippen LogP contribution < -0.4 is 10.1 Å². The van der Waals surface area contributed by atoms with E-state index in [1.54, 1.807) is 7.11 Å². The summed E-state index contributed by atoms with van der Waals surface area (Å²) in [4.78, 5) is 0. The van der Waals surface area contributed by atoms with E-state index in [1.807, 2.05) is 24.3 Å². The van der Waals surface area contributed by atoms with E-state index in [-0.39, 0.29) is 0 Å². The normalized spacial score (nSPS) is 10.2. The first-order valence-corrected chi connectivity index (χ1v) is 6.61. The predicted octanol–water partition coefficient (Wildman–Crippen LogP) is 4.38. The van der Waals surface area contributed by atoms with Crippen molar-refractivity contribution in [2.45, 2.75) is 13.5 Å². The fourth-order valence-electron chi connectivity index (χ4n) is 1.73. The topological polar surface area (TPSA) is 21.3 Å². The Morgan fingerprint density at radius 3 is 2.72 bits per heavy atom. The zero-order valence-corrected chi connectivity index (χ0v) is 12.1. The molecule has 0 aliphatic heterocycles. The van der Waals surface area contributed by atoms with Crippen LogP contribution in [0, 0.1) is 6.92 Å². The van der Waals surface area contributed by atoms with E-state index in [4.69, 9.17) is 4.74 Å². The first-order valence-electron chi connectivity index (χ1n) is 5.82. The zero-order valence-electron chi connectivity index (χ0n) is 10.5. The van der Waals surface area contributed by atoms with Crippen molar-refractivity contribution in [3.05, 3.63) is 58.1 Å². The van der Waals surface area contributed by atoms with E-state index in [0.717, 1.165) is 22.5 Å². The molecule has 0 saturated heterocycles. The third-order valence-corrected chi connectivity index (χ3v) is 3.50. The lowest BCUT2D eigenvalue weighted by Crippen LogP contribution is -2.00. The van der Waals surface area contributed by atoms with Crippen molar-refractivity contribution in [3.8, 4) is 5.75 Å².